The number of hydrogen-bond acceptors (Lipinski definition) is 4. The Morgan fingerprint density at radius 1 is 0.957 bits per heavy atom. The quantitative estimate of drug-likeness (QED) is 0.813. The molecule has 0 amide bonds. The van der Waals surface area contributed by atoms with Gasteiger partial charge in [0.15, 0.2) is 13.3 Å². The summed E-state index contributed by atoms with van der Waals surface area (Å²) in [5.41, 5.74) is 0. The summed E-state index contributed by atoms with van der Waals surface area (Å²) in [4.78, 5) is 2.53. The third kappa shape index (κ3) is 4.40. The van der Waals surface area contributed by atoms with E-state index in [1.54, 1.807) is 0 Å². The molecule has 126 valence electrons. The van der Waals surface area contributed by atoms with E-state index in [2.05, 4.69) is 49.1 Å². The SMILES string of the molecule is CCN1CCNCC[N+](Cn2cccn2)(Cn2cccn2)CC1. The third-order valence-electron chi connectivity index (χ3n) is 4.71. The van der Waals surface area contributed by atoms with Crippen LogP contribution in [0.25, 0.3) is 0 Å². The number of likely N-dealkylation sites (N-methyl/N-ethyl adjacent to an activating group) is 1. The highest BCUT2D eigenvalue weighted by molar-refractivity contribution is 4.78. The summed E-state index contributed by atoms with van der Waals surface area (Å²) >= 11 is 0. The first-order valence-corrected chi connectivity index (χ1v) is 8.53. The van der Waals surface area contributed by atoms with Gasteiger partial charge in [0.05, 0.1) is 13.1 Å². The summed E-state index contributed by atoms with van der Waals surface area (Å²) in [6, 6.07) is 3.99. The molecule has 0 aromatic carbocycles. The maximum Gasteiger partial charge on any atom is 0.175 e. The van der Waals surface area contributed by atoms with E-state index in [-0.39, 0.29) is 0 Å². The van der Waals surface area contributed by atoms with Gasteiger partial charge >= 0.3 is 0 Å². The van der Waals surface area contributed by atoms with Gasteiger partial charge in [0.2, 0.25) is 0 Å². The smallest absolute Gasteiger partial charge is 0.175 e. The molecule has 23 heavy (non-hydrogen) atoms. The maximum absolute atomic E-state index is 4.44. The van der Waals surface area contributed by atoms with Gasteiger partial charge in [0.1, 0.15) is 0 Å². The minimum atomic E-state index is 0.881. The van der Waals surface area contributed by atoms with Gasteiger partial charge in [0, 0.05) is 51.0 Å². The number of rotatable bonds is 5. The van der Waals surface area contributed by atoms with E-state index < -0.39 is 0 Å². The van der Waals surface area contributed by atoms with Gasteiger partial charge in [-0.25, -0.2) is 9.36 Å². The number of nitrogens with one attached hydrogen (secondary N) is 1. The van der Waals surface area contributed by atoms with Crippen LogP contribution in [-0.2, 0) is 13.3 Å². The van der Waals surface area contributed by atoms with Crippen molar-refractivity contribution in [3.63, 3.8) is 0 Å². The average Bonchev–Trinajstić information content (AvgIpc) is 3.24. The largest absolute Gasteiger partial charge is 0.310 e. The molecule has 2 aromatic rings. The van der Waals surface area contributed by atoms with Crippen LogP contribution in [0.1, 0.15) is 6.92 Å². The molecule has 7 heteroatoms. The first-order chi connectivity index (χ1) is 11.3. The molecule has 1 aliphatic rings. The van der Waals surface area contributed by atoms with E-state index >= 15 is 0 Å². The van der Waals surface area contributed by atoms with Crippen LogP contribution in [0.15, 0.2) is 36.9 Å². The standard InChI is InChI=1S/C16H28N7/c1-2-20-11-7-17-8-13-23(14-12-20,15-21-9-3-5-18-21)16-22-10-4-6-19-22/h3-6,9-10,17H,2,7-8,11-16H2,1H3/q+1. The van der Waals surface area contributed by atoms with Crippen LogP contribution in [0.3, 0.4) is 0 Å². The Labute approximate surface area is 138 Å². The number of quaternary nitrogens is 1. The highest BCUT2D eigenvalue weighted by atomic mass is 15.5. The van der Waals surface area contributed by atoms with E-state index in [1.807, 2.05) is 24.5 Å². The zero-order valence-electron chi connectivity index (χ0n) is 14.0. The third-order valence-corrected chi connectivity index (χ3v) is 4.71. The molecule has 3 rings (SSSR count). The maximum atomic E-state index is 4.44. The van der Waals surface area contributed by atoms with Crippen LogP contribution in [0.4, 0.5) is 0 Å². The van der Waals surface area contributed by atoms with Crippen molar-refractivity contribution in [2.75, 3.05) is 45.8 Å². The molecule has 1 N–H and O–H groups in total. The van der Waals surface area contributed by atoms with Crippen LogP contribution in [-0.4, -0.2) is 74.8 Å². The van der Waals surface area contributed by atoms with E-state index in [1.165, 1.54) is 0 Å². The van der Waals surface area contributed by atoms with Crippen molar-refractivity contribution < 1.29 is 4.48 Å². The lowest BCUT2D eigenvalue weighted by molar-refractivity contribution is -0.968. The Kier molecular flexibility index (Phi) is 5.43. The molecule has 3 heterocycles. The highest BCUT2D eigenvalue weighted by Crippen LogP contribution is 2.13. The zero-order valence-corrected chi connectivity index (χ0v) is 14.0. The summed E-state index contributed by atoms with van der Waals surface area (Å²) in [5.74, 6) is 0. The Hall–Kier alpha value is -1.70. The zero-order chi connectivity index (χ0) is 16.0. The average molecular weight is 318 g/mol. The molecule has 0 unspecified atom stereocenters. The molecule has 1 fully saturated rings. The van der Waals surface area contributed by atoms with E-state index in [9.17, 15) is 0 Å². The van der Waals surface area contributed by atoms with Crippen LogP contribution >= 0.6 is 0 Å². The molecule has 0 saturated carbocycles. The fourth-order valence-corrected chi connectivity index (χ4v) is 3.28. The summed E-state index contributed by atoms with van der Waals surface area (Å²) in [6.45, 7) is 11.6. The van der Waals surface area contributed by atoms with Crippen molar-refractivity contribution in [3.05, 3.63) is 36.9 Å². The van der Waals surface area contributed by atoms with Crippen LogP contribution in [0, 0.1) is 0 Å². The number of hydrogen-bond donors (Lipinski definition) is 1. The van der Waals surface area contributed by atoms with Gasteiger partial charge in [0.25, 0.3) is 0 Å². The molecule has 0 radical (unpaired) electrons. The molecular formula is C16H28N7+. The Morgan fingerprint density at radius 2 is 1.65 bits per heavy atom. The Bertz CT molecular complexity index is 513. The van der Waals surface area contributed by atoms with Gasteiger partial charge in [-0.3, -0.25) is 9.38 Å². The second-order valence-corrected chi connectivity index (χ2v) is 6.35. The number of nitrogens with zero attached hydrogens (tertiary/aromatic N) is 6. The van der Waals surface area contributed by atoms with Gasteiger partial charge in [-0.1, -0.05) is 6.92 Å². The molecule has 7 nitrogen and oxygen atoms in total. The molecule has 2 aromatic heterocycles. The second kappa shape index (κ2) is 7.72. The van der Waals surface area contributed by atoms with Crippen LogP contribution < -0.4 is 5.32 Å². The van der Waals surface area contributed by atoms with Crippen LogP contribution in [0.5, 0.6) is 0 Å². The Balaban J connectivity index is 1.81. The molecular weight excluding hydrogens is 290 g/mol. The topological polar surface area (TPSA) is 50.9 Å². The predicted octanol–water partition coefficient (Wildman–Crippen LogP) is 0.437. The van der Waals surface area contributed by atoms with E-state index in [0.29, 0.717) is 0 Å². The lowest BCUT2D eigenvalue weighted by Crippen LogP contribution is -2.55. The summed E-state index contributed by atoms with van der Waals surface area (Å²) < 4.78 is 5.06. The first kappa shape index (κ1) is 16.2. The second-order valence-electron chi connectivity index (χ2n) is 6.35. The van der Waals surface area contributed by atoms with Crippen molar-refractivity contribution >= 4 is 0 Å². The molecule has 1 aliphatic heterocycles. The van der Waals surface area contributed by atoms with Crippen molar-refractivity contribution in [2.24, 2.45) is 0 Å². The number of aromatic nitrogens is 4. The van der Waals surface area contributed by atoms with Gasteiger partial charge in [-0.05, 0) is 18.7 Å². The molecule has 1 saturated heterocycles. The van der Waals surface area contributed by atoms with Crippen molar-refractivity contribution in [1.82, 2.24) is 29.8 Å². The fraction of sp³-hybridized carbons (Fsp3) is 0.625. The van der Waals surface area contributed by atoms with E-state index in [0.717, 1.165) is 63.6 Å². The highest BCUT2D eigenvalue weighted by Gasteiger charge is 2.30. The van der Waals surface area contributed by atoms with Gasteiger partial charge in [-0.15, -0.1) is 0 Å². The minimum absolute atomic E-state index is 0.881. The molecule has 0 atom stereocenters. The molecule has 0 bridgehead atoms. The minimum Gasteiger partial charge on any atom is -0.310 e. The lowest BCUT2D eigenvalue weighted by atomic mass is 10.3. The van der Waals surface area contributed by atoms with Crippen molar-refractivity contribution in [2.45, 2.75) is 20.3 Å². The predicted molar refractivity (Wildman–Crippen MR) is 89.4 cm³/mol. The van der Waals surface area contributed by atoms with Crippen molar-refractivity contribution in [1.29, 1.82) is 0 Å². The van der Waals surface area contributed by atoms with Crippen LogP contribution in [0.2, 0.25) is 0 Å². The summed E-state index contributed by atoms with van der Waals surface area (Å²) in [5, 5.41) is 12.5. The van der Waals surface area contributed by atoms with E-state index in [4.69, 9.17) is 0 Å². The first-order valence-electron chi connectivity index (χ1n) is 8.53. The van der Waals surface area contributed by atoms with Gasteiger partial charge < -0.3 is 5.32 Å². The molecule has 0 spiro atoms. The monoisotopic (exact) mass is 318 g/mol. The lowest BCUT2D eigenvalue weighted by Gasteiger charge is -2.38. The normalized spacial score (nSPS) is 19.9. The summed E-state index contributed by atoms with van der Waals surface area (Å²) in [6.07, 6.45) is 7.83. The fourth-order valence-electron chi connectivity index (χ4n) is 3.28. The van der Waals surface area contributed by atoms with Gasteiger partial charge in [-0.2, -0.15) is 10.2 Å². The summed E-state index contributed by atoms with van der Waals surface area (Å²) in [7, 11) is 0. The molecule has 0 aliphatic carbocycles. The van der Waals surface area contributed by atoms with Crippen molar-refractivity contribution in [3.8, 4) is 0 Å². The Morgan fingerprint density at radius 3 is 2.22 bits per heavy atom.